The van der Waals surface area contributed by atoms with Gasteiger partial charge in [-0.3, -0.25) is 4.57 Å². The normalized spacial score (nSPS) is 5.90. The van der Waals surface area contributed by atoms with E-state index in [0.717, 1.165) is 0 Å². The van der Waals surface area contributed by atoms with Crippen LogP contribution in [0.25, 0.3) is 0 Å². The molecular weight excluding hydrogens is 183 g/mol. The van der Waals surface area contributed by atoms with Crippen LogP contribution in [-0.2, 0) is 4.57 Å². The number of rotatable bonds is 0. The maximum atomic E-state index is 8.77. The predicted octanol–water partition coefficient (Wildman–Crippen LogP) is -5.24. The standard InChI is InChI=1S/Mg.H3O4P.4H2O/c;1-5(2,3)4;;;;/h;(H3,1,2,3,4);4*1H2/q+2;;;;;/p-1. The Morgan fingerprint density at radius 3 is 1.00 bits per heavy atom. The van der Waals surface area contributed by atoms with Gasteiger partial charge in [-0.25, -0.2) is 0 Å². The molecule has 0 aliphatic carbocycles. The van der Waals surface area contributed by atoms with Gasteiger partial charge in [-0.1, -0.05) is 0 Å². The number of hydrogen-bond acceptors (Lipinski definition) is 2. The van der Waals surface area contributed by atoms with Gasteiger partial charge in [0.15, 0.2) is 0 Å². The molecule has 0 heterocycles. The van der Waals surface area contributed by atoms with Crippen LogP contribution in [0.1, 0.15) is 0 Å². The summed E-state index contributed by atoms with van der Waals surface area (Å²) in [6, 6.07) is 0. The van der Waals surface area contributed by atoms with Crippen molar-refractivity contribution in [3.05, 3.63) is 0 Å². The third-order valence-electron chi connectivity index (χ3n) is 0. The maximum absolute atomic E-state index is 8.77. The summed E-state index contributed by atoms with van der Waals surface area (Å²) >= 11 is 0. The molecule has 8 nitrogen and oxygen atoms in total. The van der Waals surface area contributed by atoms with E-state index in [1.807, 2.05) is 0 Å². The van der Waals surface area contributed by atoms with E-state index >= 15 is 0 Å². The third kappa shape index (κ3) is 1010. The fourth-order valence-electron chi connectivity index (χ4n) is 0. The van der Waals surface area contributed by atoms with Crippen molar-refractivity contribution in [1.29, 1.82) is 0 Å². The Kier molecular flexibility index (Phi) is 74.4. The van der Waals surface area contributed by atoms with Gasteiger partial charge in [0.25, 0.3) is 7.82 Å². The Labute approximate surface area is 72.5 Å². The molecule has 64 valence electrons. The molecule has 0 saturated heterocycles. The molecule has 0 bridgehead atoms. The van der Waals surface area contributed by atoms with E-state index in [2.05, 4.69) is 0 Å². The van der Waals surface area contributed by atoms with Crippen molar-refractivity contribution < 1.29 is 41.2 Å². The Hall–Kier alpha value is 0.716. The van der Waals surface area contributed by atoms with Crippen LogP contribution in [0.15, 0.2) is 0 Å². The number of hydrogen-bond donors (Lipinski definition) is 2. The van der Waals surface area contributed by atoms with Crippen LogP contribution in [0.5, 0.6) is 0 Å². The molecule has 10 N–H and O–H groups in total. The average Bonchev–Trinajstić information content (AvgIpc) is 0.722. The summed E-state index contributed by atoms with van der Waals surface area (Å²) in [6.45, 7) is 0. The second-order valence-electron chi connectivity index (χ2n) is 0.491. The third-order valence-corrected chi connectivity index (χ3v) is 0. The molecule has 10 heteroatoms. The second kappa shape index (κ2) is 16.4. The quantitative estimate of drug-likeness (QED) is 0.285. The van der Waals surface area contributed by atoms with E-state index in [0.29, 0.717) is 0 Å². The first kappa shape index (κ1) is 45.5. The minimum Gasteiger partial charge on any atom is -0.756 e. The van der Waals surface area contributed by atoms with Crippen molar-refractivity contribution in [1.82, 2.24) is 0 Å². The Bertz CT molecular complexity index is 55.4. The topological polar surface area (TPSA) is 207 Å². The molecule has 0 unspecified atom stereocenters. The summed E-state index contributed by atoms with van der Waals surface area (Å²) in [5, 5.41) is 0. The van der Waals surface area contributed by atoms with Crippen LogP contribution in [0.2, 0.25) is 0 Å². The van der Waals surface area contributed by atoms with Gasteiger partial charge in [-0.15, -0.1) is 0 Å². The zero-order valence-corrected chi connectivity index (χ0v) is 7.17. The summed E-state index contributed by atoms with van der Waals surface area (Å²) in [6.07, 6.45) is 0. The van der Waals surface area contributed by atoms with Crippen molar-refractivity contribution in [2.75, 3.05) is 0 Å². The first-order valence-corrected chi connectivity index (χ1v) is 2.30. The molecule has 0 aromatic carbocycles. The van der Waals surface area contributed by atoms with Crippen molar-refractivity contribution >= 4 is 30.9 Å². The van der Waals surface area contributed by atoms with Crippen LogP contribution in [0.3, 0.4) is 0 Å². The Morgan fingerprint density at radius 1 is 1.00 bits per heavy atom. The first-order valence-electron chi connectivity index (χ1n) is 0.765. The molecule has 0 aliphatic heterocycles. The fraction of sp³-hybridized carbons (Fsp3) is 0. The zero-order chi connectivity index (χ0) is 4.50. The largest absolute Gasteiger partial charge is 2.00 e. The van der Waals surface area contributed by atoms with E-state index in [1.54, 1.807) is 0 Å². The van der Waals surface area contributed by atoms with Gasteiger partial charge in [-0.2, -0.15) is 0 Å². The number of phosphoric acid groups is 1. The molecule has 0 saturated carbocycles. The van der Waals surface area contributed by atoms with E-state index in [-0.39, 0.29) is 45.0 Å². The summed E-state index contributed by atoms with van der Waals surface area (Å²) in [5.41, 5.74) is 0. The van der Waals surface area contributed by atoms with Gasteiger partial charge in [0.1, 0.15) is 0 Å². The molecule has 0 amide bonds. The molecule has 0 atom stereocenters. The first-order chi connectivity index (χ1) is 2.00. The van der Waals surface area contributed by atoms with Crippen molar-refractivity contribution in [3.8, 4) is 0 Å². The molecule has 0 aliphatic rings. The molecule has 0 rings (SSSR count). The monoisotopic (exact) mass is 193 g/mol. The van der Waals surface area contributed by atoms with Crippen LogP contribution in [0, 0.1) is 0 Å². The minimum atomic E-state index is -4.89. The van der Waals surface area contributed by atoms with Crippen molar-refractivity contribution in [2.24, 2.45) is 0 Å². The molecule has 10 heavy (non-hydrogen) atoms. The van der Waals surface area contributed by atoms with E-state index < -0.39 is 7.82 Å². The smallest absolute Gasteiger partial charge is 0.756 e. The second-order valence-corrected chi connectivity index (χ2v) is 1.47. The maximum Gasteiger partial charge on any atom is 2.00 e. The summed E-state index contributed by atoms with van der Waals surface area (Å²) in [5.74, 6) is 0. The van der Waals surface area contributed by atoms with Gasteiger partial charge in [0.2, 0.25) is 0 Å². The van der Waals surface area contributed by atoms with Crippen molar-refractivity contribution in [2.45, 2.75) is 0 Å². The van der Waals surface area contributed by atoms with Gasteiger partial charge in [0.05, 0.1) is 0 Å². The molecule has 0 radical (unpaired) electrons. The van der Waals surface area contributed by atoms with Gasteiger partial charge in [-0.05, 0) is 0 Å². The molecule has 0 spiro atoms. The SMILES string of the molecule is O.O.O.O.O=P([O-])(O)O.[Mg+2]. The Morgan fingerprint density at radius 2 is 1.00 bits per heavy atom. The van der Waals surface area contributed by atoms with Crippen LogP contribution >= 0.6 is 7.82 Å². The fourth-order valence-corrected chi connectivity index (χ4v) is 0. The zero-order valence-electron chi connectivity index (χ0n) is 4.87. The molecule has 0 aromatic rings. The van der Waals surface area contributed by atoms with Gasteiger partial charge >= 0.3 is 23.1 Å². The van der Waals surface area contributed by atoms with Crippen LogP contribution < -0.4 is 4.89 Å². The summed E-state index contributed by atoms with van der Waals surface area (Å²) < 4.78 is 8.77. The van der Waals surface area contributed by atoms with E-state index in [1.165, 1.54) is 0 Å². The van der Waals surface area contributed by atoms with E-state index in [9.17, 15) is 0 Å². The molecular formula is H10MgO8P+. The van der Waals surface area contributed by atoms with Gasteiger partial charge in [0, 0.05) is 0 Å². The van der Waals surface area contributed by atoms with Gasteiger partial charge < -0.3 is 36.6 Å². The summed E-state index contributed by atoms with van der Waals surface area (Å²) in [4.78, 5) is 22.9. The summed E-state index contributed by atoms with van der Waals surface area (Å²) in [7, 11) is -4.89. The van der Waals surface area contributed by atoms with Crippen LogP contribution in [0.4, 0.5) is 0 Å². The average molecular weight is 193 g/mol. The molecule has 0 aromatic heterocycles. The van der Waals surface area contributed by atoms with E-state index in [4.69, 9.17) is 19.2 Å². The molecule has 0 fully saturated rings. The van der Waals surface area contributed by atoms with Crippen molar-refractivity contribution in [3.63, 3.8) is 0 Å². The predicted molar refractivity (Wildman–Crippen MR) is 32.3 cm³/mol. The van der Waals surface area contributed by atoms with Crippen LogP contribution in [-0.4, -0.2) is 54.7 Å². The Balaban J connectivity index is -0.00000000800. The minimum absolute atomic E-state index is 0.